The second-order valence-corrected chi connectivity index (χ2v) is 3.72. The highest BCUT2D eigenvalue weighted by molar-refractivity contribution is 5.12. The Balaban J connectivity index is 2.18. The summed E-state index contributed by atoms with van der Waals surface area (Å²) in [5, 5.41) is 9.51. The molecule has 3 aliphatic carbocycles. The molecule has 56 valence electrons. The Morgan fingerprint density at radius 1 is 1.40 bits per heavy atom. The zero-order valence-corrected chi connectivity index (χ0v) is 6.21. The molecule has 0 amide bonds. The van der Waals surface area contributed by atoms with Gasteiger partial charge < -0.3 is 5.11 Å². The highest BCUT2D eigenvalue weighted by Gasteiger charge is 2.36. The lowest BCUT2D eigenvalue weighted by atomic mass is 9.67. The van der Waals surface area contributed by atoms with Crippen molar-refractivity contribution >= 4 is 0 Å². The SMILES string of the molecule is C=C1CC2CCC1C(O)C2. The average molecular weight is 138 g/mol. The van der Waals surface area contributed by atoms with Gasteiger partial charge in [0.05, 0.1) is 6.10 Å². The number of fused-ring (bicyclic) bond motifs is 3. The summed E-state index contributed by atoms with van der Waals surface area (Å²) >= 11 is 0. The van der Waals surface area contributed by atoms with Gasteiger partial charge in [0.15, 0.2) is 0 Å². The Labute approximate surface area is 61.8 Å². The molecule has 0 spiro atoms. The number of rotatable bonds is 0. The summed E-state index contributed by atoms with van der Waals surface area (Å²) in [5.41, 5.74) is 1.30. The monoisotopic (exact) mass is 138 g/mol. The van der Waals surface area contributed by atoms with Gasteiger partial charge >= 0.3 is 0 Å². The van der Waals surface area contributed by atoms with Crippen molar-refractivity contribution in [3.05, 3.63) is 12.2 Å². The average Bonchev–Trinajstić information content (AvgIpc) is 1.86. The van der Waals surface area contributed by atoms with E-state index in [1.165, 1.54) is 24.8 Å². The van der Waals surface area contributed by atoms with Gasteiger partial charge in [-0.2, -0.15) is 0 Å². The van der Waals surface area contributed by atoms with Crippen molar-refractivity contribution in [1.29, 1.82) is 0 Å². The standard InChI is InChI=1S/C9H14O/c1-6-4-7-2-3-8(6)9(10)5-7/h7-10H,1-5H2. The Bertz CT molecular complexity index is 162. The Morgan fingerprint density at radius 3 is 2.60 bits per heavy atom. The minimum atomic E-state index is -0.0556. The fraction of sp³-hybridized carbons (Fsp3) is 0.778. The summed E-state index contributed by atoms with van der Waals surface area (Å²) in [5.74, 6) is 1.21. The first-order valence-corrected chi connectivity index (χ1v) is 4.13. The maximum absolute atomic E-state index is 9.51. The highest BCUT2D eigenvalue weighted by atomic mass is 16.3. The van der Waals surface area contributed by atoms with Crippen molar-refractivity contribution in [2.24, 2.45) is 11.8 Å². The molecule has 3 atom stereocenters. The number of aliphatic hydroxyl groups is 1. The van der Waals surface area contributed by atoms with Gasteiger partial charge in [0.1, 0.15) is 0 Å². The molecule has 0 saturated heterocycles. The van der Waals surface area contributed by atoms with Crippen LogP contribution in [0, 0.1) is 11.8 Å². The predicted octanol–water partition coefficient (Wildman–Crippen LogP) is 1.72. The van der Waals surface area contributed by atoms with Gasteiger partial charge in [-0.25, -0.2) is 0 Å². The van der Waals surface area contributed by atoms with E-state index in [1.54, 1.807) is 0 Å². The van der Waals surface area contributed by atoms with Crippen LogP contribution < -0.4 is 0 Å². The van der Waals surface area contributed by atoms with Crippen LogP contribution in [0.2, 0.25) is 0 Å². The van der Waals surface area contributed by atoms with Crippen LogP contribution in [0.3, 0.4) is 0 Å². The molecular weight excluding hydrogens is 124 g/mol. The molecule has 1 heteroatoms. The zero-order valence-electron chi connectivity index (χ0n) is 6.21. The molecule has 0 aromatic carbocycles. The lowest BCUT2D eigenvalue weighted by molar-refractivity contribution is 0.0352. The molecule has 3 rings (SSSR count). The highest BCUT2D eigenvalue weighted by Crippen LogP contribution is 2.43. The predicted molar refractivity (Wildman–Crippen MR) is 40.6 cm³/mol. The number of hydrogen-bond acceptors (Lipinski definition) is 1. The lowest BCUT2D eigenvalue weighted by Crippen LogP contribution is -2.36. The first kappa shape index (κ1) is 6.41. The fourth-order valence-corrected chi connectivity index (χ4v) is 2.42. The molecule has 0 radical (unpaired) electrons. The second-order valence-electron chi connectivity index (χ2n) is 3.72. The lowest BCUT2D eigenvalue weighted by Gasteiger charge is -2.41. The van der Waals surface area contributed by atoms with Gasteiger partial charge in [0.25, 0.3) is 0 Å². The molecule has 1 nitrogen and oxygen atoms in total. The van der Waals surface area contributed by atoms with E-state index in [4.69, 9.17) is 0 Å². The minimum absolute atomic E-state index is 0.0556. The summed E-state index contributed by atoms with van der Waals surface area (Å²) in [6, 6.07) is 0. The van der Waals surface area contributed by atoms with Gasteiger partial charge in [0.2, 0.25) is 0 Å². The normalized spacial score (nSPS) is 46.1. The van der Waals surface area contributed by atoms with Gasteiger partial charge in [0, 0.05) is 5.92 Å². The van der Waals surface area contributed by atoms with Gasteiger partial charge in [-0.3, -0.25) is 0 Å². The van der Waals surface area contributed by atoms with Crippen molar-refractivity contribution in [3.8, 4) is 0 Å². The van der Waals surface area contributed by atoms with E-state index in [0.29, 0.717) is 5.92 Å². The summed E-state index contributed by atoms with van der Waals surface area (Å²) in [7, 11) is 0. The Kier molecular flexibility index (Phi) is 1.34. The zero-order chi connectivity index (χ0) is 7.14. The third-order valence-electron chi connectivity index (χ3n) is 3.00. The maximum atomic E-state index is 9.51. The second kappa shape index (κ2) is 2.09. The van der Waals surface area contributed by atoms with Crippen LogP contribution >= 0.6 is 0 Å². The minimum Gasteiger partial charge on any atom is -0.392 e. The molecule has 0 heterocycles. The van der Waals surface area contributed by atoms with Crippen molar-refractivity contribution in [2.45, 2.75) is 31.8 Å². The van der Waals surface area contributed by atoms with Crippen molar-refractivity contribution in [2.75, 3.05) is 0 Å². The van der Waals surface area contributed by atoms with E-state index in [2.05, 4.69) is 6.58 Å². The van der Waals surface area contributed by atoms with Crippen molar-refractivity contribution in [1.82, 2.24) is 0 Å². The summed E-state index contributed by atoms with van der Waals surface area (Å²) in [6.45, 7) is 3.99. The summed E-state index contributed by atoms with van der Waals surface area (Å²) < 4.78 is 0. The third-order valence-corrected chi connectivity index (χ3v) is 3.00. The molecule has 3 unspecified atom stereocenters. The Morgan fingerprint density at radius 2 is 2.20 bits per heavy atom. The van der Waals surface area contributed by atoms with Gasteiger partial charge in [-0.15, -0.1) is 0 Å². The molecule has 3 saturated carbocycles. The molecule has 10 heavy (non-hydrogen) atoms. The molecule has 1 N–H and O–H groups in total. The molecule has 0 aliphatic heterocycles. The number of aliphatic hydroxyl groups excluding tert-OH is 1. The van der Waals surface area contributed by atoms with Crippen LogP contribution in [0.4, 0.5) is 0 Å². The quantitative estimate of drug-likeness (QED) is 0.505. The summed E-state index contributed by atoms with van der Waals surface area (Å²) in [4.78, 5) is 0. The first-order valence-electron chi connectivity index (χ1n) is 4.13. The van der Waals surface area contributed by atoms with E-state index in [0.717, 1.165) is 12.3 Å². The third kappa shape index (κ3) is 0.807. The fourth-order valence-electron chi connectivity index (χ4n) is 2.42. The largest absolute Gasteiger partial charge is 0.392 e. The van der Waals surface area contributed by atoms with Crippen LogP contribution in [0.1, 0.15) is 25.7 Å². The molecule has 0 aromatic rings. The van der Waals surface area contributed by atoms with E-state index in [1.807, 2.05) is 0 Å². The van der Waals surface area contributed by atoms with Crippen molar-refractivity contribution in [3.63, 3.8) is 0 Å². The van der Waals surface area contributed by atoms with Gasteiger partial charge in [-0.05, 0) is 31.6 Å². The van der Waals surface area contributed by atoms with Crippen LogP contribution in [-0.4, -0.2) is 11.2 Å². The smallest absolute Gasteiger partial charge is 0.0608 e. The first-order chi connectivity index (χ1) is 4.77. The summed E-state index contributed by atoms with van der Waals surface area (Å²) in [6.07, 6.45) is 4.66. The van der Waals surface area contributed by atoms with E-state index < -0.39 is 0 Å². The van der Waals surface area contributed by atoms with Crippen LogP contribution in [0.5, 0.6) is 0 Å². The molecule has 2 bridgehead atoms. The maximum Gasteiger partial charge on any atom is 0.0608 e. The van der Waals surface area contributed by atoms with Crippen LogP contribution in [0.25, 0.3) is 0 Å². The topological polar surface area (TPSA) is 20.2 Å². The Hall–Kier alpha value is -0.300. The molecule has 3 aliphatic rings. The van der Waals surface area contributed by atoms with E-state index in [9.17, 15) is 5.11 Å². The van der Waals surface area contributed by atoms with Gasteiger partial charge in [-0.1, -0.05) is 12.2 Å². The van der Waals surface area contributed by atoms with Crippen LogP contribution in [0.15, 0.2) is 12.2 Å². The molecule has 3 fully saturated rings. The van der Waals surface area contributed by atoms with E-state index in [-0.39, 0.29) is 6.10 Å². The van der Waals surface area contributed by atoms with Crippen molar-refractivity contribution < 1.29 is 5.11 Å². The van der Waals surface area contributed by atoms with Crippen LogP contribution in [-0.2, 0) is 0 Å². The molecule has 0 aromatic heterocycles. The molecular formula is C9H14O. The van der Waals surface area contributed by atoms with E-state index >= 15 is 0 Å². The number of hydrogen-bond donors (Lipinski definition) is 1.